The lowest BCUT2D eigenvalue weighted by Crippen LogP contribution is -2.51. The van der Waals surface area contributed by atoms with Crippen molar-refractivity contribution in [3.63, 3.8) is 0 Å². The third-order valence-electron chi connectivity index (χ3n) is 5.75. The maximum absolute atomic E-state index is 12.8. The maximum Gasteiger partial charge on any atom is 0.246 e. The Balaban J connectivity index is 1.66. The van der Waals surface area contributed by atoms with E-state index < -0.39 is 6.04 Å². The molecule has 0 bridgehead atoms. The highest BCUT2D eigenvalue weighted by molar-refractivity contribution is 5.88. The number of hydrogen-bond donors (Lipinski definition) is 2. The van der Waals surface area contributed by atoms with Crippen LogP contribution in [0.2, 0.25) is 0 Å². The van der Waals surface area contributed by atoms with Crippen LogP contribution in [0.5, 0.6) is 0 Å². The Morgan fingerprint density at radius 1 is 1.03 bits per heavy atom. The molecule has 0 unspecified atom stereocenters. The van der Waals surface area contributed by atoms with Crippen molar-refractivity contribution in [1.82, 2.24) is 10.2 Å². The first-order valence-electron chi connectivity index (χ1n) is 10.9. The first-order chi connectivity index (χ1) is 14.7. The van der Waals surface area contributed by atoms with Gasteiger partial charge < -0.3 is 16.0 Å². The molecule has 3 N–H and O–H groups in total. The molecule has 2 amide bonds. The summed E-state index contributed by atoms with van der Waals surface area (Å²) in [5.41, 5.74) is 9.37. The van der Waals surface area contributed by atoms with Crippen LogP contribution in [0, 0.1) is 5.41 Å². The highest BCUT2D eigenvalue weighted by atomic mass is 16.2. The van der Waals surface area contributed by atoms with Crippen LogP contribution in [0.1, 0.15) is 43.9 Å². The van der Waals surface area contributed by atoms with Crippen molar-refractivity contribution in [2.45, 2.75) is 58.8 Å². The largest absolute Gasteiger partial charge is 0.349 e. The number of carbonyl (C=O) groups excluding carboxylic acids is 2. The summed E-state index contributed by atoms with van der Waals surface area (Å²) in [6.45, 7) is 7.08. The Bertz CT molecular complexity index is 906. The van der Waals surface area contributed by atoms with Crippen LogP contribution < -0.4 is 11.1 Å². The summed E-state index contributed by atoms with van der Waals surface area (Å²) in [5, 5.41) is 3.04. The fraction of sp³-hybridized carbons (Fsp3) is 0.385. The van der Waals surface area contributed by atoms with E-state index in [1.54, 1.807) is 6.08 Å². The van der Waals surface area contributed by atoms with Gasteiger partial charge in [0.15, 0.2) is 0 Å². The summed E-state index contributed by atoms with van der Waals surface area (Å²) in [7, 11) is 0. The van der Waals surface area contributed by atoms with E-state index in [9.17, 15) is 9.59 Å². The molecule has 0 spiro atoms. The third-order valence-corrected chi connectivity index (χ3v) is 5.75. The molecular weight excluding hydrogens is 386 g/mol. The monoisotopic (exact) mass is 419 g/mol. The second kappa shape index (κ2) is 9.92. The van der Waals surface area contributed by atoms with Gasteiger partial charge >= 0.3 is 0 Å². The summed E-state index contributed by atoms with van der Waals surface area (Å²) >= 11 is 0. The smallest absolute Gasteiger partial charge is 0.246 e. The van der Waals surface area contributed by atoms with Gasteiger partial charge in [0.05, 0.1) is 6.04 Å². The molecule has 0 fully saturated rings. The van der Waals surface area contributed by atoms with Crippen molar-refractivity contribution in [2.75, 3.05) is 0 Å². The van der Waals surface area contributed by atoms with E-state index in [-0.39, 0.29) is 23.3 Å². The number of nitrogens with one attached hydrogen (secondary N) is 1. The zero-order valence-corrected chi connectivity index (χ0v) is 18.7. The lowest BCUT2D eigenvalue weighted by atomic mass is 9.86. The molecule has 1 heterocycles. The second-order valence-corrected chi connectivity index (χ2v) is 9.31. The molecule has 0 saturated carbocycles. The van der Waals surface area contributed by atoms with Gasteiger partial charge in [-0.05, 0) is 34.9 Å². The van der Waals surface area contributed by atoms with Crippen LogP contribution in [0.3, 0.4) is 0 Å². The lowest BCUT2D eigenvalue weighted by Gasteiger charge is -2.27. The van der Waals surface area contributed by atoms with Crippen molar-refractivity contribution in [1.29, 1.82) is 0 Å². The molecule has 0 aliphatic carbocycles. The normalized spacial score (nSPS) is 15.5. The predicted octanol–water partition coefficient (Wildman–Crippen LogP) is 3.58. The van der Waals surface area contributed by atoms with E-state index in [1.165, 1.54) is 16.7 Å². The van der Waals surface area contributed by atoms with Gasteiger partial charge in [0, 0.05) is 25.2 Å². The number of aryl methyl sites for hydroxylation is 1. The molecule has 164 valence electrons. The van der Waals surface area contributed by atoms with E-state index in [1.807, 2.05) is 62.1 Å². The first-order valence-corrected chi connectivity index (χ1v) is 10.9. The fourth-order valence-corrected chi connectivity index (χ4v) is 3.64. The Morgan fingerprint density at radius 2 is 1.61 bits per heavy atom. The number of carbonyl (C=O) groups is 2. The van der Waals surface area contributed by atoms with Crippen molar-refractivity contribution < 1.29 is 9.59 Å². The highest BCUT2D eigenvalue weighted by Crippen LogP contribution is 2.22. The molecule has 1 aliphatic heterocycles. The van der Waals surface area contributed by atoms with Crippen LogP contribution in [0.15, 0.2) is 66.7 Å². The second-order valence-electron chi connectivity index (χ2n) is 9.31. The molecule has 2 aromatic carbocycles. The van der Waals surface area contributed by atoms with Crippen molar-refractivity contribution in [2.24, 2.45) is 11.1 Å². The summed E-state index contributed by atoms with van der Waals surface area (Å²) in [6, 6.07) is 17.3. The fourth-order valence-electron chi connectivity index (χ4n) is 3.64. The first kappa shape index (κ1) is 22.8. The summed E-state index contributed by atoms with van der Waals surface area (Å²) < 4.78 is 0. The molecule has 31 heavy (non-hydrogen) atoms. The summed E-state index contributed by atoms with van der Waals surface area (Å²) in [5.74, 6) is -0.244. The molecule has 1 aliphatic rings. The summed E-state index contributed by atoms with van der Waals surface area (Å²) in [6.07, 6.45) is 4.88. The van der Waals surface area contributed by atoms with Crippen molar-refractivity contribution in [3.8, 4) is 0 Å². The summed E-state index contributed by atoms with van der Waals surface area (Å²) in [4.78, 5) is 27.3. The van der Waals surface area contributed by atoms with Gasteiger partial charge in [0.25, 0.3) is 0 Å². The Labute approximate surface area is 185 Å². The van der Waals surface area contributed by atoms with Crippen LogP contribution in [-0.4, -0.2) is 28.8 Å². The van der Waals surface area contributed by atoms with Crippen LogP contribution >= 0.6 is 0 Å². The minimum absolute atomic E-state index is 0.0460. The van der Waals surface area contributed by atoms with E-state index >= 15 is 0 Å². The average Bonchev–Trinajstić information content (AvgIpc) is 3.19. The van der Waals surface area contributed by atoms with Crippen LogP contribution in [0.4, 0.5) is 0 Å². The van der Waals surface area contributed by atoms with Gasteiger partial charge in [-0.15, -0.1) is 0 Å². The number of fused-ring (bicyclic) bond motifs is 1. The number of nitrogens with zero attached hydrogens (tertiary/aromatic N) is 1. The SMILES string of the molecule is CC(C)(C)[C@H](N)C(=O)N[C@H](/C=C/C(=O)N1Cc2ccccc2C1)CCc1ccccc1. The van der Waals surface area contributed by atoms with E-state index in [0.29, 0.717) is 19.5 Å². The molecule has 0 radical (unpaired) electrons. The molecular formula is C26H33N3O2. The topological polar surface area (TPSA) is 75.4 Å². The Kier molecular flexibility index (Phi) is 7.29. The number of rotatable bonds is 7. The zero-order valence-electron chi connectivity index (χ0n) is 18.7. The number of amides is 2. The molecule has 2 aromatic rings. The van der Waals surface area contributed by atoms with Gasteiger partial charge in [-0.1, -0.05) is 81.4 Å². The third kappa shape index (κ3) is 6.28. The average molecular weight is 420 g/mol. The van der Waals surface area contributed by atoms with Crippen molar-refractivity contribution >= 4 is 11.8 Å². The molecule has 5 heteroatoms. The van der Waals surface area contributed by atoms with Crippen LogP contribution in [0.25, 0.3) is 0 Å². The van der Waals surface area contributed by atoms with Crippen molar-refractivity contribution in [3.05, 3.63) is 83.4 Å². The predicted molar refractivity (Wildman–Crippen MR) is 124 cm³/mol. The van der Waals surface area contributed by atoms with Gasteiger partial charge in [-0.2, -0.15) is 0 Å². The van der Waals surface area contributed by atoms with E-state index in [4.69, 9.17) is 5.73 Å². The van der Waals surface area contributed by atoms with Gasteiger partial charge in [0.1, 0.15) is 0 Å². The zero-order chi connectivity index (χ0) is 22.4. The highest BCUT2D eigenvalue weighted by Gasteiger charge is 2.28. The van der Waals surface area contributed by atoms with Gasteiger partial charge in [0.2, 0.25) is 11.8 Å². The minimum atomic E-state index is -0.621. The van der Waals surface area contributed by atoms with E-state index in [2.05, 4.69) is 29.6 Å². The van der Waals surface area contributed by atoms with Gasteiger partial charge in [-0.3, -0.25) is 9.59 Å². The number of hydrogen-bond acceptors (Lipinski definition) is 3. The number of benzene rings is 2. The lowest BCUT2D eigenvalue weighted by molar-refractivity contribution is -0.127. The maximum atomic E-state index is 12.8. The minimum Gasteiger partial charge on any atom is -0.349 e. The standard InChI is InChI=1S/C26H33N3O2/c1-26(2,3)24(27)25(31)28-22(14-13-19-9-5-4-6-10-19)15-16-23(30)29-17-20-11-7-8-12-21(20)18-29/h4-12,15-16,22,24H,13-14,17-18,27H2,1-3H3,(H,28,31)/b16-15+/t22-,24+/m0/s1. The number of nitrogens with two attached hydrogens (primary N) is 1. The molecule has 2 atom stereocenters. The van der Waals surface area contributed by atoms with Crippen LogP contribution in [-0.2, 0) is 29.1 Å². The Hall–Kier alpha value is -2.92. The molecule has 0 saturated heterocycles. The molecule has 3 rings (SSSR count). The molecule has 5 nitrogen and oxygen atoms in total. The Morgan fingerprint density at radius 3 is 2.19 bits per heavy atom. The molecule has 0 aromatic heterocycles. The quantitative estimate of drug-likeness (QED) is 0.674. The van der Waals surface area contributed by atoms with E-state index in [0.717, 1.165) is 6.42 Å². The van der Waals surface area contributed by atoms with Gasteiger partial charge in [-0.25, -0.2) is 0 Å².